The minimum atomic E-state index is -0.256. The fourth-order valence-electron chi connectivity index (χ4n) is 9.79. The maximum Gasteiger partial charge on any atom is 0.217 e. The molecule has 0 radical (unpaired) electrons. The molecule has 5 nitrogen and oxygen atoms in total. The van der Waals surface area contributed by atoms with Crippen LogP contribution in [0.15, 0.2) is 84.0 Å². The fourth-order valence-corrected chi connectivity index (χ4v) is 9.79. The van der Waals surface area contributed by atoms with Crippen molar-refractivity contribution >= 4 is 27.7 Å². The highest BCUT2D eigenvalue weighted by atomic mass is 16.5. The number of rotatable bonds is 6. The lowest BCUT2D eigenvalue weighted by molar-refractivity contribution is 0.0446. The van der Waals surface area contributed by atoms with Crippen molar-refractivity contribution in [2.75, 3.05) is 0 Å². The standard InChI is InChI=1S/C51H57N3O2/c1-29(2)36-16-14-17-37(30(3)4)45(36)32-23-33(48-53-44-19-12-13-20-51(44,11)56-48)25-35(24-32)55-43-28-42-38(22-31(43)5)39-26-34(49(6,7)8)27-41-46(39)54(42)47-40(50(41,9)10)18-15-21-52-47/h14-18,21-30,44H,12-13,19-20H2,1-11H3/t44-,51+/m1/s1. The zero-order valence-electron chi connectivity index (χ0n) is 35.2. The summed E-state index contributed by atoms with van der Waals surface area (Å²) in [5.74, 6) is 4.05. The largest absolute Gasteiger partial charge is 0.469 e. The van der Waals surface area contributed by atoms with Crippen molar-refractivity contribution in [1.82, 2.24) is 9.55 Å². The average molecular weight is 744 g/mol. The zero-order valence-corrected chi connectivity index (χ0v) is 35.2. The van der Waals surface area contributed by atoms with Crippen LogP contribution in [0.1, 0.15) is 146 Å². The predicted molar refractivity (Wildman–Crippen MR) is 233 cm³/mol. The van der Waals surface area contributed by atoms with Crippen LogP contribution >= 0.6 is 0 Å². The summed E-state index contributed by atoms with van der Waals surface area (Å²) < 4.78 is 16.3. The summed E-state index contributed by atoms with van der Waals surface area (Å²) in [4.78, 5) is 10.3. The SMILES string of the molecule is Cc1cc2c3cc(C(C)(C)C)cc4c3n(c2cc1Oc1cc(C2=N[C@@H]3CCCC[C@]3(C)O2)cc(-c2c(C(C)C)cccc2C(C)C)c1)-c1ncccc1C4(C)C. The molecule has 0 bridgehead atoms. The molecule has 4 heterocycles. The van der Waals surface area contributed by atoms with Gasteiger partial charge < -0.3 is 9.47 Å². The minimum Gasteiger partial charge on any atom is -0.469 e. The summed E-state index contributed by atoms with van der Waals surface area (Å²) in [5, 5.41) is 2.49. The number of aryl methyl sites for hydroxylation is 1. The summed E-state index contributed by atoms with van der Waals surface area (Å²) in [6.07, 6.45) is 6.40. The van der Waals surface area contributed by atoms with Crippen LogP contribution in [-0.4, -0.2) is 27.1 Å². The van der Waals surface area contributed by atoms with Gasteiger partial charge >= 0.3 is 0 Å². The van der Waals surface area contributed by atoms with E-state index in [2.05, 4.69) is 154 Å². The van der Waals surface area contributed by atoms with E-state index in [-0.39, 0.29) is 22.5 Å². The van der Waals surface area contributed by atoms with Crippen molar-refractivity contribution in [3.05, 3.63) is 118 Å². The maximum atomic E-state index is 7.13. The van der Waals surface area contributed by atoms with Gasteiger partial charge in [0.05, 0.1) is 17.1 Å². The number of pyridine rings is 1. The van der Waals surface area contributed by atoms with Crippen molar-refractivity contribution < 1.29 is 9.47 Å². The molecule has 2 aromatic heterocycles. The highest BCUT2D eigenvalue weighted by Gasteiger charge is 2.44. The molecule has 9 rings (SSSR count). The van der Waals surface area contributed by atoms with E-state index in [0.717, 1.165) is 58.3 Å². The lowest BCUT2D eigenvalue weighted by Gasteiger charge is -2.35. The Bertz CT molecular complexity index is 2570. The van der Waals surface area contributed by atoms with Crippen LogP contribution in [0.25, 0.3) is 38.8 Å². The van der Waals surface area contributed by atoms with Crippen molar-refractivity contribution in [2.24, 2.45) is 4.99 Å². The van der Waals surface area contributed by atoms with Crippen molar-refractivity contribution in [1.29, 1.82) is 0 Å². The first kappa shape index (κ1) is 36.7. The van der Waals surface area contributed by atoms with Gasteiger partial charge in [-0.15, -0.1) is 0 Å². The predicted octanol–water partition coefficient (Wildman–Crippen LogP) is 13.6. The molecule has 3 aliphatic rings. The Morgan fingerprint density at radius 2 is 1.55 bits per heavy atom. The number of ether oxygens (including phenoxy) is 2. The van der Waals surface area contributed by atoms with Gasteiger partial charge in [0.15, 0.2) is 0 Å². The van der Waals surface area contributed by atoms with Gasteiger partial charge in [-0.05, 0) is 126 Å². The van der Waals surface area contributed by atoms with Gasteiger partial charge in [-0.1, -0.05) is 99.1 Å². The first-order valence-corrected chi connectivity index (χ1v) is 20.9. The molecule has 1 aliphatic carbocycles. The Kier molecular flexibility index (Phi) is 8.40. The van der Waals surface area contributed by atoms with Gasteiger partial charge in [0.1, 0.15) is 22.9 Å². The van der Waals surface area contributed by atoms with E-state index in [0.29, 0.717) is 11.8 Å². The second-order valence-corrected chi connectivity index (χ2v) is 19.2. The number of benzene rings is 4. The van der Waals surface area contributed by atoms with Gasteiger partial charge in [-0.2, -0.15) is 0 Å². The minimum absolute atomic E-state index is 0.00260. The fraction of sp³-hybridized carbons (Fsp3) is 0.412. The van der Waals surface area contributed by atoms with Crippen LogP contribution < -0.4 is 4.74 Å². The second kappa shape index (κ2) is 12.8. The van der Waals surface area contributed by atoms with Gasteiger partial charge in [0, 0.05) is 39.6 Å². The monoisotopic (exact) mass is 743 g/mol. The summed E-state index contributed by atoms with van der Waals surface area (Å²) in [7, 11) is 0. The van der Waals surface area contributed by atoms with E-state index in [1.54, 1.807) is 0 Å². The third-order valence-electron chi connectivity index (χ3n) is 13.1. The molecule has 0 N–H and O–H groups in total. The number of aliphatic imine (C=N–C) groups is 1. The Hall–Kier alpha value is -4.90. The third-order valence-corrected chi connectivity index (χ3v) is 13.1. The Balaban J connectivity index is 1.26. The molecule has 1 fully saturated rings. The molecule has 0 saturated heterocycles. The summed E-state index contributed by atoms with van der Waals surface area (Å²) in [6.45, 7) is 25.2. The molecule has 1 saturated carbocycles. The van der Waals surface area contributed by atoms with Gasteiger partial charge in [0.2, 0.25) is 5.90 Å². The van der Waals surface area contributed by atoms with Crippen LogP contribution in [-0.2, 0) is 15.6 Å². The van der Waals surface area contributed by atoms with Crippen LogP contribution in [0.5, 0.6) is 11.5 Å². The molecule has 2 aliphatic heterocycles. The lowest BCUT2D eigenvalue weighted by atomic mass is 9.73. The van der Waals surface area contributed by atoms with Crippen molar-refractivity contribution in [3.8, 4) is 28.4 Å². The summed E-state index contributed by atoms with van der Waals surface area (Å²) in [6, 6.07) is 27.4. The van der Waals surface area contributed by atoms with Gasteiger partial charge in [-0.3, -0.25) is 4.57 Å². The van der Waals surface area contributed by atoms with Crippen molar-refractivity contribution in [2.45, 2.75) is 136 Å². The van der Waals surface area contributed by atoms with E-state index in [1.165, 1.54) is 62.5 Å². The Labute approximate surface area is 333 Å². The van der Waals surface area contributed by atoms with E-state index in [1.807, 2.05) is 6.20 Å². The van der Waals surface area contributed by atoms with E-state index in [9.17, 15) is 0 Å². The summed E-state index contributed by atoms with van der Waals surface area (Å²) in [5.41, 5.74) is 12.9. The molecule has 5 heteroatoms. The second-order valence-electron chi connectivity index (χ2n) is 19.2. The lowest BCUT2D eigenvalue weighted by Crippen LogP contribution is -2.39. The zero-order chi connectivity index (χ0) is 39.5. The smallest absolute Gasteiger partial charge is 0.217 e. The summed E-state index contributed by atoms with van der Waals surface area (Å²) >= 11 is 0. The van der Waals surface area contributed by atoms with Crippen molar-refractivity contribution in [3.63, 3.8) is 0 Å². The molecule has 4 aromatic carbocycles. The van der Waals surface area contributed by atoms with Gasteiger partial charge in [0.25, 0.3) is 0 Å². The molecule has 0 amide bonds. The van der Waals surface area contributed by atoms with Crippen LogP contribution in [0.2, 0.25) is 0 Å². The topological polar surface area (TPSA) is 48.6 Å². The van der Waals surface area contributed by atoms with Crippen LogP contribution in [0, 0.1) is 6.92 Å². The van der Waals surface area contributed by atoms with E-state index in [4.69, 9.17) is 19.5 Å². The quantitative estimate of drug-likeness (QED) is 0.171. The van der Waals surface area contributed by atoms with Crippen LogP contribution in [0.4, 0.5) is 0 Å². The number of hydrogen-bond acceptors (Lipinski definition) is 4. The number of aromatic nitrogens is 2. The molecule has 2 atom stereocenters. The van der Waals surface area contributed by atoms with E-state index < -0.39 is 0 Å². The molecule has 6 aromatic rings. The highest BCUT2D eigenvalue weighted by Crippen LogP contribution is 2.50. The highest BCUT2D eigenvalue weighted by molar-refractivity contribution is 6.12. The van der Waals surface area contributed by atoms with Crippen LogP contribution in [0.3, 0.4) is 0 Å². The Morgan fingerprint density at radius 3 is 2.25 bits per heavy atom. The number of hydrogen-bond donors (Lipinski definition) is 0. The Morgan fingerprint density at radius 1 is 0.821 bits per heavy atom. The normalized spacial score (nSPS) is 20.0. The van der Waals surface area contributed by atoms with E-state index >= 15 is 0 Å². The molecule has 0 unspecified atom stereocenters. The molecular weight excluding hydrogens is 687 g/mol. The molecule has 288 valence electrons. The molecule has 56 heavy (non-hydrogen) atoms. The van der Waals surface area contributed by atoms with Gasteiger partial charge in [-0.25, -0.2) is 9.98 Å². The third kappa shape index (κ3) is 5.71. The number of nitrogens with zero attached hydrogens (tertiary/aromatic N) is 3. The number of fused-ring (bicyclic) bond motifs is 6. The first-order valence-electron chi connectivity index (χ1n) is 20.9. The average Bonchev–Trinajstić information content (AvgIpc) is 3.67. The molecule has 0 spiro atoms. The maximum absolute atomic E-state index is 7.13. The first-order chi connectivity index (χ1) is 26.5. The molecular formula is C51H57N3O2.